The highest BCUT2D eigenvalue weighted by molar-refractivity contribution is 9.10. The van der Waals surface area contributed by atoms with Gasteiger partial charge in [0.25, 0.3) is 0 Å². The Hall–Kier alpha value is -1.04. The summed E-state index contributed by atoms with van der Waals surface area (Å²) in [5.74, 6) is 0. The standard InChI is InChI=1S/C12H18BrN3O2/c1-8-6-16-9(5-14-10(16)13)7-15(8)11(17)18-12(2,3)4/h5,8H,6-7H2,1-4H3. The molecule has 1 aromatic heterocycles. The number of rotatable bonds is 0. The summed E-state index contributed by atoms with van der Waals surface area (Å²) in [4.78, 5) is 18.0. The SMILES string of the molecule is CC1Cn2c(cnc2Br)CN1C(=O)OC(C)(C)C. The smallest absolute Gasteiger partial charge is 0.410 e. The highest BCUT2D eigenvalue weighted by Crippen LogP contribution is 2.23. The Morgan fingerprint density at radius 3 is 2.83 bits per heavy atom. The van der Waals surface area contributed by atoms with Crippen molar-refractivity contribution in [2.75, 3.05) is 0 Å². The van der Waals surface area contributed by atoms with E-state index in [0.29, 0.717) is 6.54 Å². The van der Waals surface area contributed by atoms with Crippen LogP contribution in [0.25, 0.3) is 0 Å². The maximum absolute atomic E-state index is 12.1. The van der Waals surface area contributed by atoms with Gasteiger partial charge in [0.1, 0.15) is 5.60 Å². The van der Waals surface area contributed by atoms with Gasteiger partial charge in [0.15, 0.2) is 4.73 Å². The summed E-state index contributed by atoms with van der Waals surface area (Å²) in [6.07, 6.45) is 1.52. The van der Waals surface area contributed by atoms with Gasteiger partial charge in [0, 0.05) is 6.54 Å². The molecule has 0 radical (unpaired) electrons. The van der Waals surface area contributed by atoms with E-state index in [1.165, 1.54) is 0 Å². The second-order valence-electron chi connectivity index (χ2n) is 5.59. The normalized spacial score (nSPS) is 19.6. The number of ether oxygens (including phenoxy) is 1. The van der Waals surface area contributed by atoms with Crippen LogP contribution < -0.4 is 0 Å². The molecular weight excluding hydrogens is 298 g/mol. The minimum Gasteiger partial charge on any atom is -0.444 e. The van der Waals surface area contributed by atoms with Crippen LogP contribution in [0.1, 0.15) is 33.4 Å². The molecule has 0 fully saturated rings. The molecule has 1 aliphatic rings. The average molecular weight is 316 g/mol. The number of halogens is 1. The quantitative estimate of drug-likeness (QED) is 0.739. The molecule has 0 spiro atoms. The Kier molecular flexibility index (Phi) is 3.40. The molecule has 0 bridgehead atoms. The molecule has 6 heteroatoms. The Morgan fingerprint density at radius 1 is 1.56 bits per heavy atom. The molecule has 2 heterocycles. The summed E-state index contributed by atoms with van der Waals surface area (Å²) < 4.78 is 8.30. The van der Waals surface area contributed by atoms with Crippen molar-refractivity contribution in [1.29, 1.82) is 0 Å². The van der Waals surface area contributed by atoms with Crippen molar-refractivity contribution in [2.45, 2.75) is 52.4 Å². The summed E-state index contributed by atoms with van der Waals surface area (Å²) in [7, 11) is 0. The molecule has 1 aliphatic heterocycles. The molecule has 0 aliphatic carbocycles. The fraction of sp³-hybridized carbons (Fsp3) is 0.667. The van der Waals surface area contributed by atoms with Crippen molar-refractivity contribution < 1.29 is 9.53 Å². The van der Waals surface area contributed by atoms with Crippen LogP contribution in [0.5, 0.6) is 0 Å². The van der Waals surface area contributed by atoms with E-state index in [4.69, 9.17) is 4.74 Å². The lowest BCUT2D eigenvalue weighted by Crippen LogP contribution is -2.46. The highest BCUT2D eigenvalue weighted by Gasteiger charge is 2.31. The molecule has 1 aromatic rings. The molecule has 0 aromatic carbocycles. The van der Waals surface area contributed by atoms with Crippen molar-refractivity contribution in [3.8, 4) is 0 Å². The van der Waals surface area contributed by atoms with Gasteiger partial charge in [0.05, 0.1) is 24.5 Å². The molecule has 1 unspecified atom stereocenters. The molecule has 18 heavy (non-hydrogen) atoms. The number of imidazole rings is 1. The van der Waals surface area contributed by atoms with Crippen LogP contribution in [0.2, 0.25) is 0 Å². The van der Waals surface area contributed by atoms with E-state index < -0.39 is 5.60 Å². The van der Waals surface area contributed by atoms with Gasteiger partial charge in [0.2, 0.25) is 0 Å². The number of aromatic nitrogens is 2. The van der Waals surface area contributed by atoms with Gasteiger partial charge in [-0.1, -0.05) is 0 Å². The monoisotopic (exact) mass is 315 g/mol. The van der Waals surface area contributed by atoms with Crippen molar-refractivity contribution in [1.82, 2.24) is 14.5 Å². The number of hydrogen-bond donors (Lipinski definition) is 0. The molecule has 100 valence electrons. The Balaban J connectivity index is 2.15. The fourth-order valence-electron chi connectivity index (χ4n) is 1.96. The Morgan fingerprint density at radius 2 is 2.22 bits per heavy atom. The molecule has 1 amide bonds. The third-order valence-corrected chi connectivity index (χ3v) is 3.46. The fourth-order valence-corrected chi connectivity index (χ4v) is 2.44. The van der Waals surface area contributed by atoms with Crippen LogP contribution >= 0.6 is 15.9 Å². The molecule has 2 rings (SSSR count). The van der Waals surface area contributed by atoms with E-state index in [0.717, 1.165) is 17.0 Å². The molecule has 0 saturated heterocycles. The number of fused-ring (bicyclic) bond motifs is 1. The van der Waals surface area contributed by atoms with Crippen LogP contribution in [0.3, 0.4) is 0 Å². The maximum atomic E-state index is 12.1. The lowest BCUT2D eigenvalue weighted by atomic mass is 10.2. The third-order valence-electron chi connectivity index (χ3n) is 2.83. The third kappa shape index (κ3) is 2.68. The Labute approximate surface area is 115 Å². The van der Waals surface area contributed by atoms with Crippen LogP contribution in [0.4, 0.5) is 4.79 Å². The first-order valence-electron chi connectivity index (χ1n) is 5.97. The molecular formula is C12H18BrN3O2. The summed E-state index contributed by atoms with van der Waals surface area (Å²) in [6, 6.07) is 0.0952. The van der Waals surface area contributed by atoms with Gasteiger partial charge in [-0.15, -0.1) is 0 Å². The minimum atomic E-state index is -0.463. The van der Waals surface area contributed by atoms with Gasteiger partial charge in [-0.05, 0) is 43.6 Å². The Bertz CT molecular complexity index is 464. The van der Waals surface area contributed by atoms with Crippen molar-refractivity contribution in [3.05, 3.63) is 16.6 Å². The minimum absolute atomic E-state index is 0.0952. The molecule has 1 atom stereocenters. The zero-order valence-electron chi connectivity index (χ0n) is 11.1. The predicted octanol–water partition coefficient (Wildman–Crippen LogP) is 2.78. The maximum Gasteiger partial charge on any atom is 0.410 e. The zero-order valence-corrected chi connectivity index (χ0v) is 12.7. The first-order chi connectivity index (χ1) is 8.28. The van der Waals surface area contributed by atoms with E-state index in [1.54, 1.807) is 11.1 Å². The summed E-state index contributed by atoms with van der Waals surface area (Å²) >= 11 is 3.40. The van der Waals surface area contributed by atoms with Crippen LogP contribution in [-0.4, -0.2) is 32.2 Å². The van der Waals surface area contributed by atoms with Crippen LogP contribution in [-0.2, 0) is 17.8 Å². The van der Waals surface area contributed by atoms with E-state index in [2.05, 4.69) is 25.5 Å². The van der Waals surface area contributed by atoms with Crippen LogP contribution in [0, 0.1) is 0 Å². The van der Waals surface area contributed by atoms with Crippen molar-refractivity contribution in [3.63, 3.8) is 0 Å². The number of amides is 1. The van der Waals surface area contributed by atoms with E-state index in [-0.39, 0.29) is 12.1 Å². The number of carbonyl (C=O) groups is 1. The highest BCUT2D eigenvalue weighted by atomic mass is 79.9. The predicted molar refractivity (Wildman–Crippen MR) is 71.2 cm³/mol. The van der Waals surface area contributed by atoms with Gasteiger partial charge in [-0.2, -0.15) is 0 Å². The number of nitrogens with zero attached hydrogens (tertiary/aromatic N) is 3. The zero-order chi connectivity index (χ0) is 13.5. The summed E-state index contributed by atoms with van der Waals surface area (Å²) in [5, 5.41) is 0. The van der Waals surface area contributed by atoms with E-state index >= 15 is 0 Å². The average Bonchev–Trinajstić information content (AvgIpc) is 2.56. The van der Waals surface area contributed by atoms with E-state index in [9.17, 15) is 4.79 Å². The first-order valence-corrected chi connectivity index (χ1v) is 6.77. The van der Waals surface area contributed by atoms with Crippen molar-refractivity contribution >= 4 is 22.0 Å². The van der Waals surface area contributed by atoms with Gasteiger partial charge < -0.3 is 9.30 Å². The second kappa shape index (κ2) is 4.57. The van der Waals surface area contributed by atoms with Gasteiger partial charge in [-0.3, -0.25) is 4.90 Å². The van der Waals surface area contributed by atoms with Crippen molar-refractivity contribution in [2.24, 2.45) is 0 Å². The second-order valence-corrected chi connectivity index (χ2v) is 6.30. The molecule has 0 saturated carbocycles. The van der Waals surface area contributed by atoms with Gasteiger partial charge >= 0.3 is 6.09 Å². The number of hydrogen-bond acceptors (Lipinski definition) is 3. The number of carbonyl (C=O) groups excluding carboxylic acids is 1. The molecule has 0 N–H and O–H groups in total. The molecule has 5 nitrogen and oxygen atoms in total. The van der Waals surface area contributed by atoms with Gasteiger partial charge in [-0.25, -0.2) is 9.78 Å². The largest absolute Gasteiger partial charge is 0.444 e. The lowest BCUT2D eigenvalue weighted by molar-refractivity contribution is 0.00972. The summed E-state index contributed by atoms with van der Waals surface area (Å²) in [6.45, 7) is 8.91. The lowest BCUT2D eigenvalue weighted by Gasteiger charge is -2.35. The first kappa shape index (κ1) is 13.4. The summed E-state index contributed by atoms with van der Waals surface area (Å²) in [5.41, 5.74) is 0.556. The van der Waals surface area contributed by atoms with E-state index in [1.807, 2.05) is 27.7 Å². The van der Waals surface area contributed by atoms with Crippen LogP contribution in [0.15, 0.2) is 10.9 Å². The topological polar surface area (TPSA) is 47.4 Å².